The second kappa shape index (κ2) is 10.3. The molecule has 3 N–H and O–H groups in total. The summed E-state index contributed by atoms with van der Waals surface area (Å²) in [6.45, 7) is 10.3. The van der Waals surface area contributed by atoms with Gasteiger partial charge < -0.3 is 20.4 Å². The van der Waals surface area contributed by atoms with Crippen molar-refractivity contribution in [2.75, 3.05) is 18.4 Å². The number of hydrogen-bond acceptors (Lipinski definition) is 5. The highest BCUT2D eigenvalue weighted by atomic mass is 19.1. The third kappa shape index (κ3) is 5.26. The summed E-state index contributed by atoms with van der Waals surface area (Å²) in [6.07, 6.45) is 5.14. The number of carbonyl (C=O) groups is 2. The molecule has 3 aromatic rings. The maximum Gasteiger partial charge on any atom is 0.411 e. The van der Waals surface area contributed by atoms with Gasteiger partial charge in [-0.2, -0.15) is 0 Å². The first kappa shape index (κ1) is 27.3. The third-order valence-electron chi connectivity index (χ3n) is 7.30. The van der Waals surface area contributed by atoms with E-state index in [9.17, 15) is 14.0 Å². The summed E-state index contributed by atoms with van der Waals surface area (Å²) in [5.74, 6) is 6.07. The lowest BCUT2D eigenvalue weighted by atomic mass is 9.98. The number of nitrogens with zero attached hydrogens (tertiary/aromatic N) is 2. The van der Waals surface area contributed by atoms with E-state index in [1.807, 2.05) is 33.8 Å². The van der Waals surface area contributed by atoms with Crippen LogP contribution in [-0.2, 0) is 11.2 Å². The molecule has 1 fully saturated rings. The molecule has 1 atom stereocenters. The molecule has 5 rings (SSSR count). The lowest BCUT2D eigenvalue weighted by Crippen LogP contribution is -2.46. The molecule has 208 valence electrons. The standard InChI is InChI=1S/C31H34FN5O3/c1-19-22(32)8-6-9-23(19)35-27-25-24(12-16-34-28(25)38)36-26(27)21-11-15-33-18-20(21)10-14-31(5)13-7-17-37(31)29(39)40-30(2,3)4/h6,8-9,11,15,18,35-36H,7,12-13,16-17H2,1-5H3,(H,34,38)/t31-/m1/s1. The molecule has 1 saturated heterocycles. The van der Waals surface area contributed by atoms with Gasteiger partial charge in [0.15, 0.2) is 0 Å². The van der Waals surface area contributed by atoms with Crippen LogP contribution in [0.5, 0.6) is 0 Å². The quantitative estimate of drug-likeness (QED) is 0.369. The fourth-order valence-corrected chi connectivity index (χ4v) is 5.20. The van der Waals surface area contributed by atoms with Gasteiger partial charge in [0.25, 0.3) is 5.91 Å². The number of anilines is 2. The largest absolute Gasteiger partial charge is 0.444 e. The molecule has 2 aliphatic rings. The first-order chi connectivity index (χ1) is 19.0. The van der Waals surface area contributed by atoms with Crippen molar-refractivity contribution in [3.05, 3.63) is 64.9 Å². The Kier molecular flexibility index (Phi) is 7.05. The van der Waals surface area contributed by atoms with E-state index in [0.717, 1.165) is 24.1 Å². The first-order valence-electron chi connectivity index (χ1n) is 13.5. The van der Waals surface area contributed by atoms with E-state index in [0.29, 0.717) is 53.3 Å². The van der Waals surface area contributed by atoms with Crippen LogP contribution in [0.3, 0.4) is 0 Å². The van der Waals surface area contributed by atoms with Gasteiger partial charge in [0, 0.05) is 54.4 Å². The maximum absolute atomic E-state index is 14.4. The number of H-pyrrole nitrogens is 1. The number of pyridine rings is 1. The molecule has 2 aromatic heterocycles. The summed E-state index contributed by atoms with van der Waals surface area (Å²) in [5, 5.41) is 6.23. The Bertz CT molecular complexity index is 1540. The topological polar surface area (TPSA) is 99.3 Å². The molecule has 4 heterocycles. The summed E-state index contributed by atoms with van der Waals surface area (Å²) >= 11 is 0. The molecule has 0 spiro atoms. The number of halogens is 1. The van der Waals surface area contributed by atoms with Gasteiger partial charge in [-0.3, -0.25) is 14.7 Å². The van der Waals surface area contributed by atoms with Crippen LogP contribution in [-0.4, -0.2) is 51.1 Å². The lowest BCUT2D eigenvalue weighted by molar-refractivity contribution is 0.0179. The fourth-order valence-electron chi connectivity index (χ4n) is 5.20. The van der Waals surface area contributed by atoms with Crippen LogP contribution in [0.2, 0.25) is 0 Å². The summed E-state index contributed by atoms with van der Waals surface area (Å²) in [4.78, 5) is 35.4. The Morgan fingerprint density at radius 3 is 2.85 bits per heavy atom. The molecular formula is C31H34FN5O3. The van der Waals surface area contributed by atoms with Crippen molar-refractivity contribution >= 4 is 23.4 Å². The predicted octanol–water partition coefficient (Wildman–Crippen LogP) is 5.69. The minimum absolute atomic E-state index is 0.200. The van der Waals surface area contributed by atoms with Gasteiger partial charge in [-0.25, -0.2) is 9.18 Å². The highest BCUT2D eigenvalue weighted by molar-refractivity contribution is 6.06. The molecule has 2 amide bonds. The minimum Gasteiger partial charge on any atom is -0.444 e. The average Bonchev–Trinajstić information content (AvgIpc) is 3.46. The molecule has 2 aliphatic heterocycles. The second-order valence-electron chi connectivity index (χ2n) is 11.5. The SMILES string of the molecule is Cc1c(F)cccc1Nc1c(-c2ccncc2C#C[C@@]2(C)CCCN2C(=O)OC(C)(C)C)[nH]c2c1C(=O)NCC2. The van der Waals surface area contributed by atoms with Gasteiger partial charge in [0.2, 0.25) is 0 Å². The Morgan fingerprint density at radius 1 is 1.27 bits per heavy atom. The van der Waals surface area contributed by atoms with Crippen LogP contribution in [0.25, 0.3) is 11.3 Å². The summed E-state index contributed by atoms with van der Waals surface area (Å²) in [7, 11) is 0. The number of fused-ring (bicyclic) bond motifs is 1. The maximum atomic E-state index is 14.4. The van der Waals surface area contributed by atoms with E-state index in [2.05, 4.69) is 32.4 Å². The number of ether oxygens (including phenoxy) is 1. The molecule has 1 aromatic carbocycles. The molecule has 40 heavy (non-hydrogen) atoms. The zero-order valence-electron chi connectivity index (χ0n) is 23.5. The minimum atomic E-state index is -0.704. The summed E-state index contributed by atoms with van der Waals surface area (Å²) in [5.41, 5.74) is 3.60. The smallest absolute Gasteiger partial charge is 0.411 e. The van der Waals surface area contributed by atoms with E-state index >= 15 is 0 Å². The number of hydrogen-bond donors (Lipinski definition) is 3. The van der Waals surface area contributed by atoms with Crippen molar-refractivity contribution < 1.29 is 18.7 Å². The van der Waals surface area contributed by atoms with E-state index in [-0.39, 0.29) is 17.8 Å². The van der Waals surface area contributed by atoms with Crippen LogP contribution < -0.4 is 10.6 Å². The number of aromatic nitrogens is 2. The Labute approximate surface area is 233 Å². The summed E-state index contributed by atoms with van der Waals surface area (Å²) < 4.78 is 20.0. The van der Waals surface area contributed by atoms with Crippen LogP contribution >= 0.6 is 0 Å². The van der Waals surface area contributed by atoms with E-state index < -0.39 is 11.1 Å². The molecular weight excluding hydrogens is 509 g/mol. The van der Waals surface area contributed by atoms with E-state index in [4.69, 9.17) is 4.74 Å². The van der Waals surface area contributed by atoms with Crippen LogP contribution in [0.4, 0.5) is 20.6 Å². The van der Waals surface area contributed by atoms with Crippen LogP contribution in [0, 0.1) is 24.6 Å². The number of benzene rings is 1. The Morgan fingerprint density at radius 2 is 2.08 bits per heavy atom. The number of aromatic amines is 1. The summed E-state index contributed by atoms with van der Waals surface area (Å²) in [6, 6.07) is 6.65. The van der Waals surface area contributed by atoms with Crippen molar-refractivity contribution in [3.63, 3.8) is 0 Å². The zero-order valence-corrected chi connectivity index (χ0v) is 23.5. The van der Waals surface area contributed by atoms with Gasteiger partial charge >= 0.3 is 6.09 Å². The number of rotatable bonds is 3. The number of carbonyl (C=O) groups excluding carboxylic acids is 2. The molecule has 0 radical (unpaired) electrons. The number of nitrogens with one attached hydrogen (secondary N) is 3. The van der Waals surface area contributed by atoms with Gasteiger partial charge in [-0.05, 0) is 65.7 Å². The normalized spacial score (nSPS) is 18.4. The Balaban J connectivity index is 1.57. The van der Waals surface area contributed by atoms with Crippen LogP contribution in [0.15, 0.2) is 36.7 Å². The highest BCUT2D eigenvalue weighted by Crippen LogP contribution is 2.39. The zero-order chi connectivity index (χ0) is 28.7. The average molecular weight is 544 g/mol. The highest BCUT2D eigenvalue weighted by Gasteiger charge is 2.40. The third-order valence-corrected chi connectivity index (χ3v) is 7.30. The Hall–Kier alpha value is -4.32. The van der Waals surface area contributed by atoms with E-state index in [1.165, 1.54) is 6.07 Å². The van der Waals surface area contributed by atoms with Crippen LogP contribution in [0.1, 0.15) is 67.7 Å². The second-order valence-corrected chi connectivity index (χ2v) is 11.5. The number of amides is 2. The monoisotopic (exact) mass is 543 g/mol. The lowest BCUT2D eigenvalue weighted by Gasteiger charge is -2.32. The molecule has 0 saturated carbocycles. The number of likely N-dealkylation sites (tertiary alicyclic amines) is 1. The van der Waals surface area contributed by atoms with E-state index in [1.54, 1.807) is 36.4 Å². The van der Waals surface area contributed by atoms with Gasteiger partial charge in [-0.15, -0.1) is 0 Å². The van der Waals surface area contributed by atoms with Gasteiger partial charge in [-0.1, -0.05) is 17.9 Å². The fraction of sp³-hybridized carbons (Fsp3) is 0.387. The molecule has 9 heteroatoms. The van der Waals surface area contributed by atoms with Crippen molar-refractivity contribution in [2.45, 2.75) is 65.0 Å². The molecule has 0 unspecified atom stereocenters. The van der Waals surface area contributed by atoms with Crippen molar-refractivity contribution in [3.8, 4) is 23.1 Å². The molecule has 0 bridgehead atoms. The van der Waals surface area contributed by atoms with Gasteiger partial charge in [0.05, 0.1) is 22.5 Å². The van der Waals surface area contributed by atoms with Crippen molar-refractivity contribution in [1.82, 2.24) is 20.2 Å². The molecule has 8 nitrogen and oxygen atoms in total. The van der Waals surface area contributed by atoms with Crippen molar-refractivity contribution in [2.24, 2.45) is 0 Å². The molecule has 0 aliphatic carbocycles. The first-order valence-corrected chi connectivity index (χ1v) is 13.5. The van der Waals surface area contributed by atoms with Crippen molar-refractivity contribution in [1.29, 1.82) is 0 Å². The predicted molar refractivity (Wildman–Crippen MR) is 152 cm³/mol. The van der Waals surface area contributed by atoms with Gasteiger partial charge in [0.1, 0.15) is 17.0 Å².